The van der Waals surface area contributed by atoms with Crippen molar-refractivity contribution in [2.45, 2.75) is 19.4 Å². The molecule has 1 atom stereocenters. The van der Waals surface area contributed by atoms with E-state index in [9.17, 15) is 0 Å². The van der Waals surface area contributed by atoms with Crippen molar-refractivity contribution in [1.29, 1.82) is 0 Å². The quantitative estimate of drug-likeness (QED) is 0.463. The molecule has 0 aromatic rings. The fraction of sp³-hybridized carbons (Fsp3) is 0.600. The van der Waals surface area contributed by atoms with E-state index in [1.807, 2.05) is 6.92 Å². The first-order chi connectivity index (χ1) is 2.80. The van der Waals surface area contributed by atoms with Gasteiger partial charge in [0.05, 0.1) is 0 Å². The first kappa shape index (κ1) is 3.88. The summed E-state index contributed by atoms with van der Waals surface area (Å²) in [6.45, 7) is 2.01. The number of hydrogen-bond donors (Lipinski definition) is 1. The fourth-order valence-corrected chi connectivity index (χ4v) is 0.431. The van der Waals surface area contributed by atoms with Gasteiger partial charge < -0.3 is 5.73 Å². The summed E-state index contributed by atoms with van der Waals surface area (Å²) in [5, 5.41) is 0. The molecule has 34 valence electrons. The van der Waals surface area contributed by atoms with Gasteiger partial charge in [-0.15, -0.1) is 0 Å². The Bertz CT molecular complexity index is 81.9. The van der Waals surface area contributed by atoms with E-state index >= 15 is 0 Å². The minimum atomic E-state index is 0.324. The molecule has 0 aromatic carbocycles. The molecule has 6 heavy (non-hydrogen) atoms. The van der Waals surface area contributed by atoms with Crippen LogP contribution in [0.4, 0.5) is 0 Å². The Morgan fingerprint density at radius 3 is 2.50 bits per heavy atom. The molecule has 0 aromatic heterocycles. The van der Waals surface area contributed by atoms with Gasteiger partial charge in [0.2, 0.25) is 0 Å². The summed E-state index contributed by atoms with van der Waals surface area (Å²) < 4.78 is 0. The maximum Gasteiger partial charge on any atom is 0.0227 e. The van der Waals surface area contributed by atoms with Gasteiger partial charge in [-0.25, -0.2) is 0 Å². The Balaban J connectivity index is 2.31. The third-order valence-electron chi connectivity index (χ3n) is 1.02. The van der Waals surface area contributed by atoms with Gasteiger partial charge in [0, 0.05) is 6.04 Å². The van der Waals surface area contributed by atoms with Crippen molar-refractivity contribution < 1.29 is 0 Å². The van der Waals surface area contributed by atoms with Crippen LogP contribution in [0, 0.1) is 0 Å². The van der Waals surface area contributed by atoms with E-state index in [4.69, 9.17) is 5.73 Å². The molecule has 0 saturated heterocycles. The normalized spacial score (nSPS) is 22.7. The van der Waals surface area contributed by atoms with Crippen molar-refractivity contribution >= 4 is 0 Å². The third-order valence-corrected chi connectivity index (χ3v) is 1.02. The van der Waals surface area contributed by atoms with Crippen molar-refractivity contribution in [1.82, 2.24) is 0 Å². The van der Waals surface area contributed by atoms with E-state index in [-0.39, 0.29) is 0 Å². The van der Waals surface area contributed by atoms with Crippen molar-refractivity contribution in [3.05, 3.63) is 11.6 Å². The zero-order valence-corrected chi connectivity index (χ0v) is 3.94. The molecule has 1 aliphatic carbocycles. The standard InChI is InChI=1S/C5H9N/c1-4(6)5-2-3-5/h2,4H,3,6H2,1H3/t4-/m0/s1. The second kappa shape index (κ2) is 1.09. The summed E-state index contributed by atoms with van der Waals surface area (Å²) in [5.41, 5.74) is 6.84. The van der Waals surface area contributed by atoms with Crippen LogP contribution in [0.15, 0.2) is 11.6 Å². The van der Waals surface area contributed by atoms with Gasteiger partial charge in [-0.2, -0.15) is 0 Å². The first-order valence-electron chi connectivity index (χ1n) is 2.25. The smallest absolute Gasteiger partial charge is 0.0227 e. The Labute approximate surface area is 37.8 Å². The Morgan fingerprint density at radius 1 is 2.00 bits per heavy atom. The summed E-state index contributed by atoms with van der Waals surface area (Å²) >= 11 is 0. The first-order valence-corrected chi connectivity index (χ1v) is 2.25. The maximum absolute atomic E-state index is 5.43. The minimum Gasteiger partial charge on any atom is -0.324 e. The lowest BCUT2D eigenvalue weighted by Gasteiger charge is -1.91. The highest BCUT2D eigenvalue weighted by Crippen LogP contribution is 2.19. The molecule has 0 heterocycles. The summed E-state index contributed by atoms with van der Waals surface area (Å²) in [5.74, 6) is 0. The van der Waals surface area contributed by atoms with E-state index in [0.29, 0.717) is 6.04 Å². The third kappa shape index (κ3) is 0.601. The number of hydrogen-bond acceptors (Lipinski definition) is 1. The largest absolute Gasteiger partial charge is 0.324 e. The summed E-state index contributed by atoms with van der Waals surface area (Å²) in [6.07, 6.45) is 3.32. The van der Waals surface area contributed by atoms with Gasteiger partial charge in [-0.3, -0.25) is 0 Å². The van der Waals surface area contributed by atoms with Crippen molar-refractivity contribution in [2.24, 2.45) is 5.73 Å². The number of allylic oxidation sites excluding steroid dienone is 1. The fourth-order valence-electron chi connectivity index (χ4n) is 0.431. The molecule has 0 bridgehead atoms. The Hall–Kier alpha value is -0.300. The highest BCUT2D eigenvalue weighted by Gasteiger charge is 2.09. The van der Waals surface area contributed by atoms with E-state index < -0.39 is 0 Å². The molecular weight excluding hydrogens is 74.1 g/mol. The van der Waals surface area contributed by atoms with E-state index in [1.165, 1.54) is 5.57 Å². The van der Waals surface area contributed by atoms with Gasteiger partial charge in [0.25, 0.3) is 0 Å². The molecule has 0 radical (unpaired) electrons. The molecule has 0 amide bonds. The highest BCUT2D eigenvalue weighted by molar-refractivity contribution is 5.26. The lowest BCUT2D eigenvalue weighted by molar-refractivity contribution is 0.887. The molecule has 0 fully saturated rings. The van der Waals surface area contributed by atoms with Crippen LogP contribution < -0.4 is 5.73 Å². The van der Waals surface area contributed by atoms with Crippen molar-refractivity contribution in [3.8, 4) is 0 Å². The molecule has 1 nitrogen and oxygen atoms in total. The molecule has 0 unspecified atom stereocenters. The van der Waals surface area contributed by atoms with Gasteiger partial charge in [-0.1, -0.05) is 11.6 Å². The lowest BCUT2D eigenvalue weighted by Crippen LogP contribution is -2.12. The van der Waals surface area contributed by atoms with Crippen LogP contribution in [0.3, 0.4) is 0 Å². The maximum atomic E-state index is 5.43. The topological polar surface area (TPSA) is 26.0 Å². The van der Waals surface area contributed by atoms with E-state index in [2.05, 4.69) is 6.08 Å². The predicted molar refractivity (Wildman–Crippen MR) is 26.3 cm³/mol. The number of rotatable bonds is 1. The lowest BCUT2D eigenvalue weighted by atomic mass is 10.3. The predicted octanol–water partition coefficient (Wildman–Crippen LogP) is 0.664. The number of nitrogens with two attached hydrogens (primary N) is 1. The summed E-state index contributed by atoms with van der Waals surface area (Å²) in [4.78, 5) is 0. The molecule has 2 N–H and O–H groups in total. The van der Waals surface area contributed by atoms with E-state index in [0.717, 1.165) is 6.42 Å². The molecule has 0 saturated carbocycles. The van der Waals surface area contributed by atoms with Gasteiger partial charge in [-0.05, 0) is 13.3 Å². The molecule has 0 aliphatic heterocycles. The van der Waals surface area contributed by atoms with Crippen LogP contribution >= 0.6 is 0 Å². The average molecular weight is 83.1 g/mol. The van der Waals surface area contributed by atoms with Gasteiger partial charge in [0.1, 0.15) is 0 Å². The Kier molecular flexibility index (Phi) is 0.701. The molecule has 0 spiro atoms. The van der Waals surface area contributed by atoms with E-state index in [1.54, 1.807) is 0 Å². The van der Waals surface area contributed by atoms with Crippen LogP contribution in [-0.4, -0.2) is 6.04 Å². The van der Waals surface area contributed by atoms with Crippen LogP contribution in [0.25, 0.3) is 0 Å². The van der Waals surface area contributed by atoms with Gasteiger partial charge >= 0.3 is 0 Å². The molecule has 1 aliphatic rings. The minimum absolute atomic E-state index is 0.324. The second-order valence-electron chi connectivity index (χ2n) is 1.77. The second-order valence-corrected chi connectivity index (χ2v) is 1.77. The molecule has 1 rings (SSSR count). The van der Waals surface area contributed by atoms with Gasteiger partial charge in [0.15, 0.2) is 0 Å². The summed E-state index contributed by atoms with van der Waals surface area (Å²) in [7, 11) is 0. The summed E-state index contributed by atoms with van der Waals surface area (Å²) in [6, 6.07) is 0.324. The average Bonchev–Trinajstić information content (AvgIpc) is 2.06. The van der Waals surface area contributed by atoms with Crippen LogP contribution in [0.1, 0.15) is 13.3 Å². The monoisotopic (exact) mass is 83.1 g/mol. The molecule has 1 heteroatoms. The zero-order chi connectivity index (χ0) is 4.57. The SMILES string of the molecule is C[C@H](N)C1=CC1. The van der Waals surface area contributed by atoms with Crippen LogP contribution in [0.5, 0.6) is 0 Å². The Morgan fingerprint density at radius 2 is 2.50 bits per heavy atom. The van der Waals surface area contributed by atoms with Crippen molar-refractivity contribution in [3.63, 3.8) is 0 Å². The zero-order valence-electron chi connectivity index (χ0n) is 3.94. The van der Waals surface area contributed by atoms with Crippen LogP contribution in [0.2, 0.25) is 0 Å². The van der Waals surface area contributed by atoms with Crippen molar-refractivity contribution in [2.75, 3.05) is 0 Å². The van der Waals surface area contributed by atoms with Crippen LogP contribution in [-0.2, 0) is 0 Å². The molecular formula is C5H9N. The highest BCUT2D eigenvalue weighted by atomic mass is 14.6.